The van der Waals surface area contributed by atoms with Gasteiger partial charge in [-0.1, -0.05) is 0 Å². The molecule has 0 aromatic rings. The summed E-state index contributed by atoms with van der Waals surface area (Å²) in [7, 11) is 1.48. The van der Waals surface area contributed by atoms with Gasteiger partial charge in [0.2, 0.25) is 6.03 Å². The fourth-order valence-corrected chi connectivity index (χ4v) is 1.50. The largest absolute Gasteiger partial charge is 0.348 e. The van der Waals surface area contributed by atoms with Gasteiger partial charge < -0.3 is 14.0 Å². The predicted molar refractivity (Wildman–Crippen MR) is 38.3 cm³/mol. The molecule has 0 saturated carbocycles. The molecule has 0 rings (SSSR count). The second-order valence-corrected chi connectivity index (χ2v) is 4.47. The van der Waals surface area contributed by atoms with Gasteiger partial charge in [0, 0.05) is 28.0 Å². The summed E-state index contributed by atoms with van der Waals surface area (Å²) in [6, 6.07) is -0.752. The monoisotopic (exact) mass is 168 g/mol. The second kappa shape index (κ2) is 4.09. The van der Waals surface area contributed by atoms with E-state index in [-0.39, 0.29) is 0 Å². The van der Waals surface area contributed by atoms with E-state index in [1.165, 1.54) is 28.0 Å². The lowest BCUT2D eigenvalue weighted by Gasteiger charge is -2.19. The van der Waals surface area contributed by atoms with Crippen molar-refractivity contribution in [3.05, 3.63) is 0 Å². The van der Waals surface area contributed by atoms with Crippen molar-refractivity contribution in [3.63, 3.8) is 0 Å². The van der Waals surface area contributed by atoms with E-state index in [1.807, 2.05) is 0 Å². The highest BCUT2D eigenvalue weighted by atomic mass is 31.2. The van der Waals surface area contributed by atoms with Crippen LogP contribution in [-0.2, 0) is 18.6 Å². The van der Waals surface area contributed by atoms with Gasteiger partial charge in [0.15, 0.2) is 0 Å². The Kier molecular flexibility index (Phi) is 4.13. The molecule has 0 amide bonds. The van der Waals surface area contributed by atoms with Crippen LogP contribution in [0.5, 0.6) is 0 Å². The zero-order chi connectivity index (χ0) is 8.20. The van der Waals surface area contributed by atoms with Crippen LogP contribution in [0.25, 0.3) is 0 Å². The zero-order valence-electron chi connectivity index (χ0n) is 6.66. The highest BCUT2D eigenvalue weighted by Crippen LogP contribution is 2.47. The van der Waals surface area contributed by atoms with Crippen molar-refractivity contribution in [2.75, 3.05) is 28.0 Å². The van der Waals surface area contributed by atoms with Crippen molar-refractivity contribution in [2.45, 2.75) is 6.03 Å². The molecule has 0 saturated heterocycles. The fourth-order valence-electron chi connectivity index (χ4n) is 0.565. The molecule has 1 atom stereocenters. The summed E-state index contributed by atoms with van der Waals surface area (Å²) in [4.78, 5) is 0. The van der Waals surface area contributed by atoms with E-state index in [0.717, 1.165) is 0 Å². The quantitative estimate of drug-likeness (QED) is 0.466. The Morgan fingerprint density at radius 1 is 1.20 bits per heavy atom. The van der Waals surface area contributed by atoms with Crippen LogP contribution < -0.4 is 0 Å². The lowest BCUT2D eigenvalue weighted by molar-refractivity contribution is -0.0501. The molecule has 62 valence electrons. The Balaban J connectivity index is 4.12. The van der Waals surface area contributed by atoms with E-state index in [4.69, 9.17) is 9.47 Å². The van der Waals surface area contributed by atoms with Crippen LogP contribution in [0.2, 0.25) is 0 Å². The molecule has 0 bridgehead atoms. The minimum absolute atomic E-state index is 0.752. The van der Waals surface area contributed by atoms with Crippen LogP contribution >= 0.6 is 7.37 Å². The van der Waals surface area contributed by atoms with Gasteiger partial charge in [-0.3, -0.25) is 4.57 Å². The summed E-state index contributed by atoms with van der Waals surface area (Å²) in [6.45, 7) is 1.46. The molecule has 0 N–H and O–H groups in total. The molecule has 0 radical (unpaired) electrons. The second-order valence-electron chi connectivity index (χ2n) is 1.87. The minimum Gasteiger partial charge on any atom is -0.348 e. The molecule has 5 heteroatoms. The summed E-state index contributed by atoms with van der Waals surface area (Å²) in [5.74, 6) is 0. The maximum absolute atomic E-state index is 11.3. The van der Waals surface area contributed by atoms with E-state index in [2.05, 4.69) is 4.52 Å². The third kappa shape index (κ3) is 2.39. The Bertz CT molecular complexity index is 132. The average Bonchev–Trinajstić information content (AvgIpc) is 1.90. The first kappa shape index (κ1) is 10.1. The van der Waals surface area contributed by atoms with Crippen LogP contribution in [0.15, 0.2) is 0 Å². The smallest absolute Gasteiger partial charge is 0.254 e. The molecule has 0 aliphatic heterocycles. The van der Waals surface area contributed by atoms with Crippen molar-refractivity contribution in [1.82, 2.24) is 0 Å². The molecule has 0 aromatic carbocycles. The number of ether oxygens (including phenoxy) is 2. The first-order valence-electron chi connectivity index (χ1n) is 2.77. The Morgan fingerprint density at radius 3 is 1.70 bits per heavy atom. The van der Waals surface area contributed by atoms with Crippen molar-refractivity contribution in [3.8, 4) is 0 Å². The van der Waals surface area contributed by atoms with Crippen molar-refractivity contribution < 1.29 is 18.6 Å². The van der Waals surface area contributed by atoms with Gasteiger partial charge in [0.25, 0.3) is 7.37 Å². The fraction of sp³-hybridized carbons (Fsp3) is 1.00. The van der Waals surface area contributed by atoms with Gasteiger partial charge in [-0.05, 0) is 0 Å². The topological polar surface area (TPSA) is 44.8 Å². The number of methoxy groups -OCH3 is 2. The molecule has 0 aliphatic carbocycles. The molecule has 0 heterocycles. The van der Waals surface area contributed by atoms with E-state index in [0.29, 0.717) is 0 Å². The normalized spacial score (nSPS) is 17.3. The van der Waals surface area contributed by atoms with Gasteiger partial charge in [0.05, 0.1) is 0 Å². The molecular formula is C5H13O4P. The molecule has 10 heavy (non-hydrogen) atoms. The average molecular weight is 168 g/mol. The van der Waals surface area contributed by atoms with E-state index in [9.17, 15) is 4.57 Å². The molecule has 0 aromatic heterocycles. The summed E-state index contributed by atoms with van der Waals surface area (Å²) >= 11 is 0. The molecular weight excluding hydrogens is 155 g/mol. The lowest BCUT2D eigenvalue weighted by atomic mass is 11.3. The van der Waals surface area contributed by atoms with Gasteiger partial charge in [-0.15, -0.1) is 0 Å². The Hall–Kier alpha value is 0.110. The number of hydrogen-bond acceptors (Lipinski definition) is 4. The maximum atomic E-state index is 11.3. The predicted octanol–water partition coefficient (Wildman–Crippen LogP) is 1.12. The molecule has 1 unspecified atom stereocenters. The van der Waals surface area contributed by atoms with Crippen LogP contribution in [-0.4, -0.2) is 34.0 Å². The maximum Gasteiger partial charge on any atom is 0.254 e. The molecule has 0 spiro atoms. The van der Waals surface area contributed by atoms with Gasteiger partial charge in [0.1, 0.15) is 0 Å². The highest BCUT2D eigenvalue weighted by Gasteiger charge is 2.27. The van der Waals surface area contributed by atoms with E-state index >= 15 is 0 Å². The molecule has 4 nitrogen and oxygen atoms in total. The van der Waals surface area contributed by atoms with E-state index < -0.39 is 13.4 Å². The first-order valence-corrected chi connectivity index (χ1v) is 4.91. The van der Waals surface area contributed by atoms with Crippen LogP contribution in [0.3, 0.4) is 0 Å². The zero-order valence-corrected chi connectivity index (χ0v) is 7.55. The highest BCUT2D eigenvalue weighted by molar-refractivity contribution is 7.58. The number of hydrogen-bond donors (Lipinski definition) is 0. The molecule has 0 aliphatic rings. The standard InChI is InChI=1S/C5H13O4P/c1-7-5(8-2)10(4,6)9-3/h5H,1-4H3. The van der Waals surface area contributed by atoms with E-state index in [1.54, 1.807) is 0 Å². The third-order valence-electron chi connectivity index (χ3n) is 1.15. The lowest BCUT2D eigenvalue weighted by Crippen LogP contribution is -2.13. The molecule has 0 fully saturated rings. The Labute approximate surface area is 60.9 Å². The van der Waals surface area contributed by atoms with Crippen LogP contribution in [0.4, 0.5) is 0 Å². The van der Waals surface area contributed by atoms with Crippen LogP contribution in [0.1, 0.15) is 0 Å². The minimum atomic E-state index is -2.73. The third-order valence-corrected chi connectivity index (χ3v) is 3.06. The van der Waals surface area contributed by atoms with Crippen molar-refractivity contribution in [1.29, 1.82) is 0 Å². The SMILES string of the molecule is COC(OC)P(C)(=O)OC. The van der Waals surface area contributed by atoms with Gasteiger partial charge in [-0.25, -0.2) is 0 Å². The van der Waals surface area contributed by atoms with Crippen molar-refractivity contribution in [2.24, 2.45) is 0 Å². The summed E-state index contributed by atoms with van der Waals surface area (Å²) < 4.78 is 25.4. The van der Waals surface area contributed by atoms with Crippen molar-refractivity contribution >= 4 is 7.37 Å². The number of rotatable bonds is 4. The van der Waals surface area contributed by atoms with Gasteiger partial charge >= 0.3 is 0 Å². The summed E-state index contributed by atoms with van der Waals surface area (Å²) in [6.07, 6.45) is 0. The summed E-state index contributed by atoms with van der Waals surface area (Å²) in [5, 5.41) is 0. The summed E-state index contributed by atoms with van der Waals surface area (Å²) in [5.41, 5.74) is 0. The van der Waals surface area contributed by atoms with Gasteiger partial charge in [-0.2, -0.15) is 0 Å². The van der Waals surface area contributed by atoms with Crippen LogP contribution in [0, 0.1) is 0 Å². The first-order chi connectivity index (χ1) is 4.58. The Morgan fingerprint density at radius 2 is 1.60 bits per heavy atom.